The van der Waals surface area contributed by atoms with Crippen LogP contribution in [0.25, 0.3) is 0 Å². The number of nitrogens with zero attached hydrogens (tertiary/aromatic N) is 3. The van der Waals surface area contributed by atoms with Crippen LogP contribution < -0.4 is 15.2 Å². The Morgan fingerprint density at radius 2 is 1.08 bits per heavy atom. The van der Waals surface area contributed by atoms with Crippen LogP contribution in [0.4, 0.5) is 8.78 Å². The van der Waals surface area contributed by atoms with Crippen molar-refractivity contribution in [3.8, 4) is 11.5 Å². The van der Waals surface area contributed by atoms with Crippen molar-refractivity contribution in [3.63, 3.8) is 0 Å². The summed E-state index contributed by atoms with van der Waals surface area (Å²) < 4.78 is 41.5. The van der Waals surface area contributed by atoms with E-state index in [0.29, 0.717) is 24.2 Å². The zero-order valence-corrected chi connectivity index (χ0v) is 32.6. The number of benzene rings is 4. The van der Waals surface area contributed by atoms with Gasteiger partial charge >= 0.3 is 11.9 Å². The summed E-state index contributed by atoms with van der Waals surface area (Å²) in [5.74, 6) is -5.10. The lowest BCUT2D eigenvalue weighted by molar-refractivity contribution is -0.176. The number of hydrogen-bond donors (Lipinski definition) is 1. The van der Waals surface area contributed by atoms with Gasteiger partial charge in [-0.1, -0.05) is 36.4 Å². The molecule has 4 aromatic carbocycles. The Balaban J connectivity index is 0.000000141. The number of halogens is 2. The molecule has 0 radical (unpaired) electrons. The first kappa shape index (κ1) is 40.6. The zero-order chi connectivity index (χ0) is 43.5. The van der Waals surface area contributed by atoms with Gasteiger partial charge in [0, 0.05) is 11.8 Å². The van der Waals surface area contributed by atoms with Crippen LogP contribution in [0.5, 0.6) is 11.5 Å². The van der Waals surface area contributed by atoms with Crippen molar-refractivity contribution >= 4 is 47.4 Å². The summed E-state index contributed by atoms with van der Waals surface area (Å²) in [6.45, 7) is 0.314. The second-order valence-electron chi connectivity index (χ2n) is 15.5. The maximum absolute atomic E-state index is 14.2. The van der Waals surface area contributed by atoms with Gasteiger partial charge in [0.15, 0.2) is 0 Å². The van der Waals surface area contributed by atoms with Gasteiger partial charge in [0.2, 0.25) is 17.7 Å². The largest absolute Gasteiger partial charge is 0.497 e. The summed E-state index contributed by atoms with van der Waals surface area (Å²) in [5.41, 5.74) is 4.72. The third-order valence-electron chi connectivity index (χ3n) is 11.8. The molecule has 6 amide bonds. The molecule has 12 rings (SSSR count). The molecule has 2 saturated carbocycles. The van der Waals surface area contributed by atoms with Gasteiger partial charge < -0.3 is 19.9 Å². The molecule has 0 unspecified atom stereocenters. The molecule has 4 aromatic rings. The van der Waals surface area contributed by atoms with Gasteiger partial charge in [-0.2, -0.15) is 0 Å². The maximum atomic E-state index is 14.2. The molecule has 6 heterocycles. The highest BCUT2D eigenvalue weighted by atomic mass is 19.1. The molecule has 4 bridgehead atoms. The smallest absolute Gasteiger partial charge is 0.349 e. The van der Waals surface area contributed by atoms with Crippen molar-refractivity contribution < 1.29 is 61.3 Å². The average Bonchev–Trinajstić information content (AvgIpc) is 3.67. The van der Waals surface area contributed by atoms with E-state index in [-0.39, 0.29) is 71.8 Å². The zero-order valence-electron chi connectivity index (χ0n) is 32.6. The molecule has 6 fully saturated rings. The van der Waals surface area contributed by atoms with E-state index < -0.39 is 58.3 Å². The Bertz CT molecular complexity index is 2570. The normalized spacial score (nSPS) is 24.1. The molecule has 17 heteroatoms. The van der Waals surface area contributed by atoms with Crippen molar-refractivity contribution in [3.05, 3.63) is 130 Å². The molecule has 312 valence electrons. The lowest BCUT2D eigenvalue weighted by atomic mass is 9.62. The minimum absolute atomic E-state index is 0.000000000000000444. The van der Waals surface area contributed by atoms with Gasteiger partial charge in [-0.15, -0.1) is 0 Å². The van der Waals surface area contributed by atoms with Gasteiger partial charge in [-0.05, 0) is 85.3 Å². The first-order chi connectivity index (χ1) is 29.1. The number of hydrogen-bond acceptors (Lipinski definition) is 12. The lowest BCUT2D eigenvalue weighted by Crippen LogP contribution is -2.74. The molecule has 4 saturated heterocycles. The first-order valence-electron chi connectivity index (χ1n) is 19.1. The number of imide groups is 3. The maximum Gasteiger partial charge on any atom is 0.349 e. The number of carbonyl (C=O) groups is 8. The first-order valence-corrected chi connectivity index (χ1v) is 19.1. The number of esters is 2. The van der Waals surface area contributed by atoms with E-state index in [9.17, 15) is 47.1 Å². The highest BCUT2D eigenvalue weighted by Crippen LogP contribution is 2.52. The number of carbonyl (C=O) groups excluding carboxylic acids is 8. The third-order valence-corrected chi connectivity index (χ3v) is 11.8. The highest BCUT2D eigenvalue weighted by molar-refractivity contribution is 6.25. The van der Waals surface area contributed by atoms with Crippen LogP contribution in [-0.4, -0.2) is 87.4 Å². The fraction of sp³-hybridized carbons (Fsp3) is 0.273. The highest BCUT2D eigenvalue weighted by Gasteiger charge is 2.67. The van der Waals surface area contributed by atoms with Crippen LogP contribution in [0.15, 0.2) is 84.9 Å². The SMILES string of the molecule is COc1ccc(CN2C(=O)C3CC(N)(C3)C2=O)cc1.COc1ccc(CN2C(=O)C3CC(N4C(=O)c5cccc(F)c5C4=O)(C3)C2=O)cc1.O=C1OC(=O)c2c(F)cccc21. The van der Waals surface area contributed by atoms with Crippen LogP contribution >= 0.6 is 0 Å². The Morgan fingerprint density at radius 1 is 0.607 bits per heavy atom. The number of cyclic esters (lactones) is 2. The number of nitrogens with two attached hydrogens (primary N) is 1. The van der Waals surface area contributed by atoms with Crippen molar-refractivity contribution in [2.24, 2.45) is 17.6 Å². The number of methoxy groups -OCH3 is 2. The second kappa shape index (κ2) is 15.2. The number of rotatable bonds is 7. The minimum atomic E-state index is -1.44. The van der Waals surface area contributed by atoms with E-state index in [4.69, 9.17) is 15.2 Å². The molecule has 6 aliphatic heterocycles. The molecular weight excluding hydrogens is 798 g/mol. The van der Waals surface area contributed by atoms with Crippen molar-refractivity contribution in [1.82, 2.24) is 14.7 Å². The number of piperidine rings is 4. The van der Waals surface area contributed by atoms with Crippen molar-refractivity contribution in [2.75, 3.05) is 14.2 Å². The molecular formula is C44H36F2N4O11. The summed E-state index contributed by atoms with van der Waals surface area (Å²) in [5, 5.41) is 0. The molecule has 61 heavy (non-hydrogen) atoms. The van der Waals surface area contributed by atoms with Gasteiger partial charge in [-0.3, -0.25) is 43.5 Å². The van der Waals surface area contributed by atoms with Crippen molar-refractivity contribution in [1.29, 1.82) is 0 Å². The fourth-order valence-corrected chi connectivity index (χ4v) is 8.56. The quantitative estimate of drug-likeness (QED) is 0.160. The predicted octanol–water partition coefficient (Wildman–Crippen LogP) is 3.96. The third kappa shape index (κ3) is 6.70. The number of amides is 6. The van der Waals surface area contributed by atoms with Crippen LogP contribution in [0, 0.1) is 23.5 Å². The van der Waals surface area contributed by atoms with Gasteiger partial charge in [0.25, 0.3) is 17.7 Å². The molecule has 8 aliphatic rings. The Kier molecular flexibility index (Phi) is 10.1. The van der Waals surface area contributed by atoms with Crippen molar-refractivity contribution in [2.45, 2.75) is 49.9 Å². The molecule has 0 aromatic heterocycles. The summed E-state index contributed by atoms with van der Waals surface area (Å²) in [4.78, 5) is 101. The fourth-order valence-electron chi connectivity index (χ4n) is 8.56. The molecule has 15 nitrogen and oxygen atoms in total. The molecule has 0 spiro atoms. The van der Waals surface area contributed by atoms with Crippen LogP contribution in [0.1, 0.15) is 78.2 Å². The second-order valence-corrected chi connectivity index (χ2v) is 15.5. The van der Waals surface area contributed by atoms with Gasteiger partial charge in [0.05, 0.1) is 49.5 Å². The van der Waals surface area contributed by atoms with Crippen LogP contribution in [0.2, 0.25) is 0 Å². The lowest BCUT2D eigenvalue weighted by Gasteiger charge is -2.56. The van der Waals surface area contributed by atoms with Crippen LogP contribution in [-0.2, 0) is 37.0 Å². The molecule has 2 N–H and O–H groups in total. The molecule has 2 aliphatic carbocycles. The number of fused-ring (bicyclic) bond motifs is 6. The summed E-state index contributed by atoms with van der Waals surface area (Å²) in [6.07, 6.45) is 1.17. The van der Waals surface area contributed by atoms with Crippen LogP contribution in [0.3, 0.4) is 0 Å². The Morgan fingerprint density at radius 3 is 1.57 bits per heavy atom. The summed E-state index contributed by atoms with van der Waals surface area (Å²) in [6, 6.07) is 21.9. The van der Waals surface area contributed by atoms with E-state index in [2.05, 4.69) is 4.74 Å². The minimum Gasteiger partial charge on any atom is -0.497 e. The van der Waals surface area contributed by atoms with E-state index in [1.54, 1.807) is 31.4 Å². The van der Waals surface area contributed by atoms with E-state index in [0.717, 1.165) is 33.2 Å². The summed E-state index contributed by atoms with van der Waals surface area (Å²) >= 11 is 0. The van der Waals surface area contributed by atoms with E-state index in [1.165, 1.54) is 36.3 Å². The van der Waals surface area contributed by atoms with Gasteiger partial charge in [0.1, 0.15) is 34.2 Å². The monoisotopic (exact) mass is 834 g/mol. The van der Waals surface area contributed by atoms with E-state index in [1.807, 2.05) is 24.3 Å². The average molecular weight is 835 g/mol. The van der Waals surface area contributed by atoms with E-state index >= 15 is 0 Å². The molecule has 0 atom stereocenters. The number of ether oxygens (including phenoxy) is 3. The predicted molar refractivity (Wildman–Crippen MR) is 205 cm³/mol. The topological polar surface area (TPSA) is 200 Å². The van der Waals surface area contributed by atoms with Gasteiger partial charge in [-0.25, -0.2) is 18.4 Å². The summed E-state index contributed by atoms with van der Waals surface area (Å²) in [7, 11) is 3.13. The Hall–Kier alpha value is -7.14. The Labute approximate surface area is 345 Å². The standard InChI is InChI=1S/C22H17FN2O5.C14H16N2O3.C8H3FO3/c1-30-14-7-5-12(6-8-14)11-24-18(26)13-9-22(10-13,21(24)29)25-19(27)15-3-2-4-16(23)17(15)20(25)28;1-19-11-4-2-9(3-5-11)8-16-12(17)10-6-14(15,7-10)13(16)18;9-5-3-1-2-4-6(5)8(11)12-7(4)10/h2-8,13H,9-11H2,1H3;2-5,10H,6-8,15H2,1H3;1-3H.